The SMILES string of the molecule is CC(C)COC(=O)c1ccc(Nc2ncnc(NNC(=O)c3ccccc3F)c2[N+](=O)[O-])cc1. The lowest BCUT2D eigenvalue weighted by molar-refractivity contribution is -0.383. The Kier molecular flexibility index (Phi) is 7.64. The first-order chi connectivity index (χ1) is 16.3. The van der Waals surface area contributed by atoms with Crippen molar-refractivity contribution in [2.24, 2.45) is 5.92 Å². The third kappa shape index (κ3) is 6.00. The highest BCUT2D eigenvalue weighted by Gasteiger charge is 2.24. The summed E-state index contributed by atoms with van der Waals surface area (Å²) in [7, 11) is 0. The van der Waals surface area contributed by atoms with Crippen molar-refractivity contribution in [1.29, 1.82) is 0 Å². The quantitative estimate of drug-likeness (QED) is 0.242. The van der Waals surface area contributed by atoms with Crippen LogP contribution in [0.15, 0.2) is 54.9 Å². The molecule has 1 aromatic heterocycles. The molecule has 1 amide bonds. The van der Waals surface area contributed by atoms with Gasteiger partial charge in [-0.1, -0.05) is 26.0 Å². The lowest BCUT2D eigenvalue weighted by Gasteiger charge is -2.11. The Hall–Kier alpha value is -4.61. The summed E-state index contributed by atoms with van der Waals surface area (Å²) in [6.45, 7) is 4.13. The number of anilines is 3. The summed E-state index contributed by atoms with van der Waals surface area (Å²) in [5.41, 5.74) is 4.43. The minimum absolute atomic E-state index is 0.169. The van der Waals surface area contributed by atoms with Crippen LogP contribution in [-0.2, 0) is 4.74 Å². The Balaban J connectivity index is 1.75. The molecule has 3 aromatic rings. The zero-order valence-electron chi connectivity index (χ0n) is 18.2. The van der Waals surface area contributed by atoms with E-state index in [1.54, 1.807) is 0 Å². The van der Waals surface area contributed by atoms with E-state index in [0.717, 1.165) is 12.4 Å². The molecule has 2 aromatic carbocycles. The van der Waals surface area contributed by atoms with Crippen LogP contribution in [0, 0.1) is 21.8 Å². The van der Waals surface area contributed by atoms with E-state index >= 15 is 0 Å². The number of esters is 1. The maximum absolute atomic E-state index is 13.8. The fraction of sp³-hybridized carbons (Fsp3) is 0.182. The molecule has 3 N–H and O–H groups in total. The molecule has 3 rings (SSSR count). The number of hydrazine groups is 1. The first-order valence-electron chi connectivity index (χ1n) is 10.1. The molecule has 12 heteroatoms. The monoisotopic (exact) mass is 468 g/mol. The molecule has 0 saturated heterocycles. The molecule has 0 aliphatic carbocycles. The van der Waals surface area contributed by atoms with Gasteiger partial charge < -0.3 is 10.1 Å². The van der Waals surface area contributed by atoms with E-state index in [4.69, 9.17) is 4.74 Å². The van der Waals surface area contributed by atoms with Crippen molar-refractivity contribution in [1.82, 2.24) is 15.4 Å². The lowest BCUT2D eigenvalue weighted by Crippen LogP contribution is -2.31. The standard InChI is InChI=1S/C22H21FN6O5/c1-13(2)11-34-22(31)14-7-9-15(10-8-14)26-19-18(29(32)33)20(25-12-24-19)27-28-21(30)16-5-3-4-6-17(16)23/h3-10,12-13H,11H2,1-2H3,(H,28,30)(H2,24,25,26,27). The number of hydrogen-bond donors (Lipinski definition) is 3. The Morgan fingerprint density at radius 3 is 2.41 bits per heavy atom. The van der Waals surface area contributed by atoms with E-state index < -0.39 is 28.3 Å². The molecule has 0 unspecified atom stereocenters. The summed E-state index contributed by atoms with van der Waals surface area (Å²) in [6.07, 6.45) is 1.05. The van der Waals surface area contributed by atoms with Gasteiger partial charge in [0.25, 0.3) is 5.91 Å². The van der Waals surface area contributed by atoms with Crippen molar-refractivity contribution in [3.63, 3.8) is 0 Å². The second kappa shape index (κ2) is 10.8. The van der Waals surface area contributed by atoms with Crippen molar-refractivity contribution in [3.8, 4) is 0 Å². The number of aromatic nitrogens is 2. The van der Waals surface area contributed by atoms with Gasteiger partial charge in [0.1, 0.15) is 12.1 Å². The Labute approximate surface area is 193 Å². The van der Waals surface area contributed by atoms with Crippen LogP contribution in [0.1, 0.15) is 34.6 Å². The van der Waals surface area contributed by atoms with Crippen LogP contribution >= 0.6 is 0 Å². The van der Waals surface area contributed by atoms with Gasteiger partial charge in [0.2, 0.25) is 11.6 Å². The minimum atomic E-state index is -0.847. The van der Waals surface area contributed by atoms with Gasteiger partial charge in [-0.25, -0.2) is 19.2 Å². The first-order valence-corrected chi connectivity index (χ1v) is 10.1. The van der Waals surface area contributed by atoms with Crippen LogP contribution in [0.4, 0.5) is 27.4 Å². The highest BCUT2D eigenvalue weighted by molar-refractivity contribution is 5.95. The number of rotatable bonds is 9. The number of hydrogen-bond acceptors (Lipinski definition) is 9. The molecule has 0 bridgehead atoms. The van der Waals surface area contributed by atoms with Crippen LogP contribution in [-0.4, -0.2) is 33.4 Å². The van der Waals surface area contributed by atoms with E-state index in [-0.39, 0.29) is 29.7 Å². The number of nitrogens with zero attached hydrogens (tertiary/aromatic N) is 3. The molecule has 0 atom stereocenters. The Morgan fingerprint density at radius 2 is 1.76 bits per heavy atom. The van der Waals surface area contributed by atoms with Crippen molar-refractivity contribution < 1.29 is 23.6 Å². The highest BCUT2D eigenvalue weighted by atomic mass is 19.1. The van der Waals surface area contributed by atoms with Crippen molar-refractivity contribution in [2.45, 2.75) is 13.8 Å². The van der Waals surface area contributed by atoms with Crippen LogP contribution < -0.4 is 16.2 Å². The summed E-state index contributed by atoms with van der Waals surface area (Å²) in [6, 6.07) is 11.3. The lowest BCUT2D eigenvalue weighted by atomic mass is 10.2. The maximum atomic E-state index is 13.8. The van der Waals surface area contributed by atoms with Gasteiger partial charge in [-0.05, 0) is 42.3 Å². The smallest absolute Gasteiger partial charge is 0.355 e. The van der Waals surface area contributed by atoms with E-state index in [9.17, 15) is 24.1 Å². The van der Waals surface area contributed by atoms with Gasteiger partial charge in [0.15, 0.2) is 0 Å². The summed E-state index contributed by atoms with van der Waals surface area (Å²) in [5.74, 6) is -2.37. The average Bonchev–Trinajstić information content (AvgIpc) is 2.81. The molecule has 0 saturated carbocycles. The summed E-state index contributed by atoms with van der Waals surface area (Å²) >= 11 is 0. The molecule has 11 nitrogen and oxygen atoms in total. The molecule has 1 heterocycles. The number of amides is 1. The van der Waals surface area contributed by atoms with Crippen molar-refractivity contribution in [2.75, 3.05) is 17.3 Å². The van der Waals surface area contributed by atoms with Gasteiger partial charge in [0.05, 0.1) is 22.7 Å². The second-order valence-corrected chi connectivity index (χ2v) is 7.43. The Morgan fingerprint density at radius 1 is 1.09 bits per heavy atom. The van der Waals surface area contributed by atoms with Gasteiger partial charge in [-0.2, -0.15) is 0 Å². The molecular weight excluding hydrogens is 447 g/mol. The average molecular weight is 468 g/mol. The van der Waals surface area contributed by atoms with Crippen LogP contribution in [0.2, 0.25) is 0 Å². The normalized spacial score (nSPS) is 10.5. The molecule has 0 aliphatic rings. The molecule has 0 spiro atoms. The number of benzene rings is 2. The molecule has 0 fully saturated rings. The van der Waals surface area contributed by atoms with Crippen LogP contribution in [0.25, 0.3) is 0 Å². The van der Waals surface area contributed by atoms with E-state index in [0.29, 0.717) is 11.3 Å². The predicted molar refractivity (Wildman–Crippen MR) is 121 cm³/mol. The minimum Gasteiger partial charge on any atom is -0.462 e. The molecule has 0 aliphatic heterocycles. The maximum Gasteiger partial charge on any atom is 0.355 e. The van der Waals surface area contributed by atoms with Crippen molar-refractivity contribution in [3.05, 3.63) is 81.9 Å². The third-order valence-electron chi connectivity index (χ3n) is 4.35. The fourth-order valence-corrected chi connectivity index (χ4v) is 2.72. The van der Waals surface area contributed by atoms with E-state index in [2.05, 4.69) is 26.1 Å². The van der Waals surface area contributed by atoms with Crippen LogP contribution in [0.5, 0.6) is 0 Å². The number of nitrogens with one attached hydrogen (secondary N) is 3. The topological polar surface area (TPSA) is 148 Å². The Bertz CT molecular complexity index is 1200. The van der Waals surface area contributed by atoms with Gasteiger partial charge in [-0.3, -0.25) is 25.8 Å². The number of carbonyl (C=O) groups excluding carboxylic acids is 2. The number of nitro groups is 1. The third-order valence-corrected chi connectivity index (χ3v) is 4.35. The zero-order chi connectivity index (χ0) is 24.7. The second-order valence-electron chi connectivity index (χ2n) is 7.43. The first kappa shape index (κ1) is 24.0. The van der Waals surface area contributed by atoms with E-state index in [1.165, 1.54) is 42.5 Å². The number of carbonyl (C=O) groups is 2. The summed E-state index contributed by atoms with van der Waals surface area (Å²) in [4.78, 5) is 42.9. The van der Waals surface area contributed by atoms with Crippen LogP contribution in [0.3, 0.4) is 0 Å². The molecule has 0 radical (unpaired) electrons. The fourth-order valence-electron chi connectivity index (χ4n) is 2.72. The van der Waals surface area contributed by atoms with Gasteiger partial charge >= 0.3 is 11.7 Å². The molecule has 176 valence electrons. The predicted octanol–water partition coefficient (Wildman–Crippen LogP) is 3.84. The van der Waals surface area contributed by atoms with Gasteiger partial charge in [0, 0.05) is 5.69 Å². The van der Waals surface area contributed by atoms with Gasteiger partial charge in [-0.15, -0.1) is 0 Å². The number of halogens is 1. The number of ether oxygens (including phenoxy) is 1. The largest absolute Gasteiger partial charge is 0.462 e. The summed E-state index contributed by atoms with van der Waals surface area (Å²) < 4.78 is 18.9. The molecule has 34 heavy (non-hydrogen) atoms. The zero-order valence-corrected chi connectivity index (χ0v) is 18.2. The van der Waals surface area contributed by atoms with E-state index in [1.807, 2.05) is 13.8 Å². The van der Waals surface area contributed by atoms with Crippen molar-refractivity contribution >= 4 is 34.9 Å². The molecular formula is C22H21FN6O5. The highest BCUT2D eigenvalue weighted by Crippen LogP contribution is 2.30. The summed E-state index contributed by atoms with van der Waals surface area (Å²) in [5, 5.41) is 14.5.